The molecule has 0 radical (unpaired) electrons. The first-order valence-corrected chi connectivity index (χ1v) is 18.4. The maximum atomic E-state index is 12.4. The lowest BCUT2D eigenvalue weighted by Crippen LogP contribution is -2.26. The number of carbonyl (C=O) groups is 2. The fourth-order valence-corrected chi connectivity index (χ4v) is 5.61. The van der Waals surface area contributed by atoms with Crippen molar-refractivity contribution in [3.8, 4) is 0 Å². The maximum Gasteiger partial charge on any atom is 0.224 e. The van der Waals surface area contributed by atoms with Crippen molar-refractivity contribution in [2.24, 2.45) is 0 Å². The van der Waals surface area contributed by atoms with E-state index in [4.69, 9.17) is 4.74 Å². The summed E-state index contributed by atoms with van der Waals surface area (Å²) in [5.41, 5.74) is 4.50. The van der Waals surface area contributed by atoms with Crippen LogP contribution in [0.3, 0.4) is 0 Å². The first kappa shape index (κ1) is 38.5. The third-order valence-electron chi connectivity index (χ3n) is 8.47. The van der Waals surface area contributed by atoms with Gasteiger partial charge in [0.25, 0.3) is 0 Å². The van der Waals surface area contributed by atoms with E-state index in [0.717, 1.165) is 50.0 Å². The van der Waals surface area contributed by atoms with E-state index in [2.05, 4.69) is 60.9 Å². The van der Waals surface area contributed by atoms with Gasteiger partial charge in [-0.2, -0.15) is 0 Å². The van der Waals surface area contributed by atoms with Crippen LogP contribution in [0, 0.1) is 0 Å². The summed E-state index contributed by atoms with van der Waals surface area (Å²) < 4.78 is 5.73. The summed E-state index contributed by atoms with van der Waals surface area (Å²) in [4.78, 5) is 24.7. The molecule has 0 atom stereocenters. The second-order valence-electron chi connectivity index (χ2n) is 12.8. The Balaban J connectivity index is 1.51. The number of benzene rings is 2. The van der Waals surface area contributed by atoms with Gasteiger partial charge >= 0.3 is 0 Å². The Hall–Kier alpha value is -2.66. The lowest BCUT2D eigenvalue weighted by atomic mass is 10.0. The minimum Gasteiger partial charge on any atom is -0.381 e. The molecule has 2 aromatic rings. The lowest BCUT2D eigenvalue weighted by Gasteiger charge is -2.08. The van der Waals surface area contributed by atoms with Crippen molar-refractivity contribution in [1.82, 2.24) is 10.6 Å². The standard InChI is InChI=1S/C40H64N2O3/c1-3-5-7-9-11-13-15-17-28-41-39(43)33-37-24-20-35(21-25-37)32-36-22-26-38(27-23-36)34-40(44)42-29-19-31-45-30-18-16-14-12-10-8-6-4-2/h20-27H,3-19,28-34H2,1-2H3,(H,41,43)(H,42,44). The maximum absolute atomic E-state index is 12.4. The summed E-state index contributed by atoms with van der Waals surface area (Å²) in [6.45, 7) is 7.48. The summed E-state index contributed by atoms with van der Waals surface area (Å²) in [6, 6.07) is 16.7. The van der Waals surface area contributed by atoms with Gasteiger partial charge in [-0.05, 0) is 47.9 Å². The fourth-order valence-electron chi connectivity index (χ4n) is 5.61. The third-order valence-corrected chi connectivity index (χ3v) is 8.47. The molecular formula is C40H64N2O3. The lowest BCUT2D eigenvalue weighted by molar-refractivity contribution is -0.121. The Morgan fingerprint density at radius 1 is 0.467 bits per heavy atom. The van der Waals surface area contributed by atoms with Crippen LogP contribution in [0.5, 0.6) is 0 Å². The smallest absolute Gasteiger partial charge is 0.224 e. The minimum atomic E-state index is 0.0586. The van der Waals surface area contributed by atoms with E-state index in [1.165, 1.54) is 101 Å². The summed E-state index contributed by atoms with van der Waals surface area (Å²) in [5.74, 6) is 0.163. The van der Waals surface area contributed by atoms with Gasteiger partial charge in [0.1, 0.15) is 0 Å². The molecule has 252 valence electrons. The van der Waals surface area contributed by atoms with E-state index >= 15 is 0 Å². The molecule has 2 N–H and O–H groups in total. The highest BCUT2D eigenvalue weighted by Crippen LogP contribution is 2.14. The zero-order valence-corrected chi connectivity index (χ0v) is 28.8. The second-order valence-corrected chi connectivity index (χ2v) is 12.8. The summed E-state index contributed by atoms with van der Waals surface area (Å²) in [5, 5.41) is 6.09. The second kappa shape index (κ2) is 26.5. The van der Waals surface area contributed by atoms with Gasteiger partial charge < -0.3 is 15.4 Å². The Morgan fingerprint density at radius 2 is 0.822 bits per heavy atom. The number of amides is 2. The van der Waals surface area contributed by atoms with Crippen molar-refractivity contribution >= 4 is 11.8 Å². The molecule has 0 fully saturated rings. The topological polar surface area (TPSA) is 67.4 Å². The third kappa shape index (κ3) is 20.9. The minimum absolute atomic E-state index is 0.0586. The van der Waals surface area contributed by atoms with Crippen molar-refractivity contribution in [3.63, 3.8) is 0 Å². The van der Waals surface area contributed by atoms with Crippen LogP contribution in [0.4, 0.5) is 0 Å². The first-order chi connectivity index (χ1) is 22.1. The summed E-state index contributed by atoms with van der Waals surface area (Å²) in [7, 11) is 0. The molecule has 2 rings (SSSR count). The van der Waals surface area contributed by atoms with Gasteiger partial charge in [0.05, 0.1) is 12.8 Å². The number of ether oxygens (including phenoxy) is 1. The predicted octanol–water partition coefficient (Wildman–Crippen LogP) is 9.28. The van der Waals surface area contributed by atoms with Gasteiger partial charge in [-0.1, -0.05) is 152 Å². The monoisotopic (exact) mass is 620 g/mol. The van der Waals surface area contributed by atoms with E-state index in [9.17, 15) is 9.59 Å². The van der Waals surface area contributed by atoms with E-state index < -0.39 is 0 Å². The van der Waals surface area contributed by atoms with Gasteiger partial charge in [-0.3, -0.25) is 9.59 Å². The molecule has 0 saturated heterocycles. The van der Waals surface area contributed by atoms with Crippen LogP contribution < -0.4 is 10.6 Å². The number of rotatable bonds is 28. The molecule has 0 spiro atoms. The van der Waals surface area contributed by atoms with Gasteiger partial charge in [-0.15, -0.1) is 0 Å². The number of unbranched alkanes of at least 4 members (excludes halogenated alkanes) is 14. The zero-order valence-electron chi connectivity index (χ0n) is 28.8. The summed E-state index contributed by atoms with van der Waals surface area (Å²) >= 11 is 0. The molecular weight excluding hydrogens is 556 g/mol. The van der Waals surface area contributed by atoms with Crippen molar-refractivity contribution in [2.45, 2.75) is 142 Å². The molecule has 45 heavy (non-hydrogen) atoms. The largest absolute Gasteiger partial charge is 0.381 e. The molecule has 0 saturated carbocycles. The van der Waals surface area contributed by atoms with E-state index in [-0.39, 0.29) is 11.8 Å². The molecule has 0 aliphatic rings. The number of hydrogen-bond donors (Lipinski definition) is 2. The van der Waals surface area contributed by atoms with Gasteiger partial charge in [-0.25, -0.2) is 0 Å². The number of hydrogen-bond acceptors (Lipinski definition) is 3. The van der Waals surface area contributed by atoms with Crippen LogP contribution in [0.25, 0.3) is 0 Å². The molecule has 0 bridgehead atoms. The normalized spacial score (nSPS) is 11.1. The molecule has 0 heterocycles. The Morgan fingerprint density at radius 3 is 1.29 bits per heavy atom. The molecule has 2 aromatic carbocycles. The molecule has 5 heteroatoms. The van der Waals surface area contributed by atoms with Crippen LogP contribution in [0.15, 0.2) is 48.5 Å². The van der Waals surface area contributed by atoms with Crippen LogP contribution >= 0.6 is 0 Å². The first-order valence-electron chi connectivity index (χ1n) is 18.4. The highest BCUT2D eigenvalue weighted by molar-refractivity contribution is 5.79. The Bertz CT molecular complexity index is 1000. The van der Waals surface area contributed by atoms with Crippen molar-refractivity contribution in [3.05, 3.63) is 70.8 Å². The van der Waals surface area contributed by atoms with Crippen LogP contribution in [-0.4, -0.2) is 38.1 Å². The van der Waals surface area contributed by atoms with Crippen molar-refractivity contribution in [1.29, 1.82) is 0 Å². The molecule has 0 aromatic heterocycles. The quantitative estimate of drug-likeness (QED) is 0.0932. The Kier molecular flexibility index (Phi) is 22.7. The average molecular weight is 621 g/mol. The molecule has 5 nitrogen and oxygen atoms in total. The number of nitrogens with one attached hydrogen (secondary N) is 2. The summed E-state index contributed by atoms with van der Waals surface area (Å²) in [6.07, 6.45) is 23.2. The van der Waals surface area contributed by atoms with E-state index in [1.807, 2.05) is 12.1 Å². The molecule has 0 aliphatic heterocycles. The highest BCUT2D eigenvalue weighted by Gasteiger charge is 2.06. The predicted molar refractivity (Wildman–Crippen MR) is 190 cm³/mol. The van der Waals surface area contributed by atoms with Gasteiger partial charge in [0, 0.05) is 26.3 Å². The highest BCUT2D eigenvalue weighted by atomic mass is 16.5. The van der Waals surface area contributed by atoms with E-state index in [1.54, 1.807) is 0 Å². The van der Waals surface area contributed by atoms with E-state index in [0.29, 0.717) is 26.0 Å². The van der Waals surface area contributed by atoms with Crippen LogP contribution in [0.1, 0.15) is 145 Å². The Labute approximate surface area is 275 Å². The molecule has 2 amide bonds. The van der Waals surface area contributed by atoms with Crippen molar-refractivity contribution in [2.75, 3.05) is 26.3 Å². The van der Waals surface area contributed by atoms with Gasteiger partial charge in [0.15, 0.2) is 0 Å². The molecule has 0 aliphatic carbocycles. The van der Waals surface area contributed by atoms with Gasteiger partial charge in [0.2, 0.25) is 11.8 Å². The van der Waals surface area contributed by atoms with Crippen LogP contribution in [-0.2, 0) is 33.6 Å². The average Bonchev–Trinajstić information content (AvgIpc) is 3.04. The number of carbonyl (C=O) groups excluding carboxylic acids is 2. The van der Waals surface area contributed by atoms with Crippen molar-refractivity contribution < 1.29 is 14.3 Å². The SMILES string of the molecule is CCCCCCCCCCNC(=O)Cc1ccc(Cc2ccc(CC(=O)NCCCOCCCCCCCCCC)cc2)cc1. The fraction of sp³-hybridized carbons (Fsp3) is 0.650. The zero-order chi connectivity index (χ0) is 32.2. The van der Waals surface area contributed by atoms with Crippen LogP contribution in [0.2, 0.25) is 0 Å². The molecule has 0 unspecified atom stereocenters.